The van der Waals surface area contributed by atoms with Crippen molar-refractivity contribution in [3.05, 3.63) is 95.6 Å². The maximum Gasteiger partial charge on any atom is 0.206 e. The summed E-state index contributed by atoms with van der Waals surface area (Å²) in [5, 5.41) is 10.5. The van der Waals surface area contributed by atoms with E-state index in [4.69, 9.17) is 9.73 Å². The molecule has 0 radical (unpaired) electrons. The van der Waals surface area contributed by atoms with Gasteiger partial charge in [-0.3, -0.25) is 4.90 Å². The van der Waals surface area contributed by atoms with Crippen molar-refractivity contribution >= 4 is 12.0 Å². The van der Waals surface area contributed by atoms with Gasteiger partial charge in [-0.15, -0.1) is 0 Å². The first-order chi connectivity index (χ1) is 16.4. The van der Waals surface area contributed by atoms with Gasteiger partial charge in [-0.25, -0.2) is 14.4 Å². The summed E-state index contributed by atoms with van der Waals surface area (Å²) in [6.07, 6.45) is 5.72. The molecule has 3 aromatic rings. The fraction of sp³-hybridized carbons (Fsp3) is 0.231. The summed E-state index contributed by atoms with van der Waals surface area (Å²) < 4.78 is 21.1. The van der Waals surface area contributed by atoms with Crippen LogP contribution in [0.1, 0.15) is 16.8 Å². The zero-order chi connectivity index (χ0) is 24.0. The van der Waals surface area contributed by atoms with E-state index in [-0.39, 0.29) is 12.4 Å². The molecule has 34 heavy (non-hydrogen) atoms. The first-order valence-corrected chi connectivity index (χ1v) is 10.9. The Bertz CT molecular complexity index is 1330. The van der Waals surface area contributed by atoms with Gasteiger partial charge in [0.15, 0.2) is 0 Å². The summed E-state index contributed by atoms with van der Waals surface area (Å²) in [4.78, 5) is 12.9. The van der Waals surface area contributed by atoms with Gasteiger partial charge in [0.1, 0.15) is 17.1 Å². The van der Waals surface area contributed by atoms with E-state index >= 15 is 0 Å². The van der Waals surface area contributed by atoms with Gasteiger partial charge in [-0.05, 0) is 48.4 Å². The summed E-state index contributed by atoms with van der Waals surface area (Å²) in [7, 11) is 3.57. The molecular weight excluding hydrogens is 433 g/mol. The van der Waals surface area contributed by atoms with Crippen LogP contribution in [-0.4, -0.2) is 57.7 Å². The molecule has 1 aromatic heterocycles. The Hall–Kier alpha value is -3.91. The van der Waals surface area contributed by atoms with Gasteiger partial charge < -0.3 is 19.3 Å². The molecule has 0 spiro atoms. The molecule has 0 aliphatic carbocycles. The maximum absolute atomic E-state index is 13.6. The molecule has 3 heterocycles. The lowest BCUT2D eigenvalue weighted by Crippen LogP contribution is -2.47. The van der Waals surface area contributed by atoms with Crippen LogP contribution in [0.3, 0.4) is 0 Å². The highest BCUT2D eigenvalue weighted by atomic mass is 19.1. The molecule has 8 heteroatoms. The molecule has 1 unspecified atom stereocenters. The van der Waals surface area contributed by atoms with E-state index in [1.807, 2.05) is 58.8 Å². The van der Waals surface area contributed by atoms with Gasteiger partial charge in [0, 0.05) is 13.2 Å². The number of aliphatic hydroxyl groups excluding tert-OH is 1. The lowest BCUT2D eigenvalue weighted by Gasteiger charge is -2.36. The molecule has 5 rings (SSSR count). The maximum atomic E-state index is 13.6. The summed E-state index contributed by atoms with van der Waals surface area (Å²) in [5.41, 5.74) is 4.27. The van der Waals surface area contributed by atoms with E-state index in [0.717, 1.165) is 28.2 Å². The summed E-state index contributed by atoms with van der Waals surface area (Å²) in [6.45, 7) is 6.44. The van der Waals surface area contributed by atoms with Crippen LogP contribution in [0.15, 0.2) is 78.0 Å². The number of methoxy groups -OCH3 is 1. The minimum absolute atomic E-state index is 0.182. The van der Waals surface area contributed by atoms with E-state index < -0.39 is 5.54 Å². The van der Waals surface area contributed by atoms with Gasteiger partial charge in [0.25, 0.3) is 0 Å². The molecule has 7 nitrogen and oxygen atoms in total. The molecule has 0 bridgehead atoms. The standard InChI is InChI=1S/C26H26FN5O2/c1-17-13-31(16-29-17)22-10-5-19(12-24(22)34-4)11-23-18(2)32-25(30(23)3)28-14-26(32,15-33)20-6-8-21(27)9-7-20/h5-13,16,33H,2,14-15H2,1,3-4H3/b23-11-. The summed E-state index contributed by atoms with van der Waals surface area (Å²) in [6, 6.07) is 12.1. The van der Waals surface area contributed by atoms with Crippen molar-refractivity contribution in [1.82, 2.24) is 19.4 Å². The first-order valence-electron chi connectivity index (χ1n) is 10.9. The van der Waals surface area contributed by atoms with Crippen molar-refractivity contribution in [2.75, 3.05) is 27.3 Å². The monoisotopic (exact) mass is 459 g/mol. The van der Waals surface area contributed by atoms with Crippen molar-refractivity contribution in [2.45, 2.75) is 12.5 Å². The number of benzene rings is 2. The molecule has 0 saturated carbocycles. The number of likely N-dealkylation sites (N-methyl/N-ethyl adjacent to an activating group) is 1. The van der Waals surface area contributed by atoms with Crippen molar-refractivity contribution in [1.29, 1.82) is 0 Å². The van der Waals surface area contributed by atoms with Crippen LogP contribution < -0.4 is 4.74 Å². The second-order valence-electron chi connectivity index (χ2n) is 8.54. The summed E-state index contributed by atoms with van der Waals surface area (Å²) in [5.74, 6) is 1.09. The van der Waals surface area contributed by atoms with Crippen molar-refractivity contribution in [3.63, 3.8) is 0 Å². The number of imidazole rings is 1. The SMILES string of the molecule is C=C1/C(=C/c2ccc(-n3cnc(C)c3)c(OC)c2)N(C)C2=NCC(CO)(c3ccc(F)cc3)N12. The number of hydrogen-bond acceptors (Lipinski definition) is 6. The predicted octanol–water partition coefficient (Wildman–Crippen LogP) is 3.69. The van der Waals surface area contributed by atoms with Gasteiger partial charge >= 0.3 is 0 Å². The van der Waals surface area contributed by atoms with Gasteiger partial charge in [0.05, 0.1) is 49.4 Å². The van der Waals surface area contributed by atoms with Crippen LogP contribution in [0.25, 0.3) is 11.8 Å². The number of guanidine groups is 1. The molecule has 1 fully saturated rings. The highest BCUT2D eigenvalue weighted by molar-refractivity contribution is 5.93. The molecule has 2 aromatic carbocycles. The minimum atomic E-state index is -0.829. The highest BCUT2D eigenvalue weighted by Gasteiger charge is 2.51. The number of ether oxygens (including phenoxy) is 1. The van der Waals surface area contributed by atoms with Crippen LogP contribution in [0.4, 0.5) is 4.39 Å². The van der Waals surface area contributed by atoms with Crippen molar-refractivity contribution in [2.24, 2.45) is 4.99 Å². The van der Waals surface area contributed by atoms with Crippen LogP contribution in [0, 0.1) is 12.7 Å². The Labute approximate surface area is 197 Å². The quantitative estimate of drug-likeness (QED) is 0.631. The third kappa shape index (κ3) is 3.30. The van der Waals surface area contributed by atoms with Crippen molar-refractivity contribution < 1.29 is 14.2 Å². The van der Waals surface area contributed by atoms with E-state index in [0.29, 0.717) is 24.0 Å². The first kappa shape index (κ1) is 21.9. The van der Waals surface area contributed by atoms with Gasteiger partial charge in [-0.1, -0.05) is 24.8 Å². The molecule has 174 valence electrons. The second-order valence-corrected chi connectivity index (χ2v) is 8.54. The molecule has 2 aliphatic heterocycles. The molecule has 0 amide bonds. The number of nitrogens with zero attached hydrogens (tertiary/aromatic N) is 5. The Morgan fingerprint density at radius 1 is 1.24 bits per heavy atom. The van der Waals surface area contributed by atoms with Crippen LogP contribution in [0.2, 0.25) is 0 Å². The number of aromatic nitrogens is 2. The second kappa shape index (κ2) is 8.14. The summed E-state index contributed by atoms with van der Waals surface area (Å²) >= 11 is 0. The number of fused-ring (bicyclic) bond motifs is 1. The number of aryl methyl sites for hydroxylation is 1. The zero-order valence-electron chi connectivity index (χ0n) is 19.4. The third-order valence-electron chi connectivity index (χ3n) is 6.48. The predicted molar refractivity (Wildman–Crippen MR) is 129 cm³/mol. The number of aliphatic hydroxyl groups is 1. The van der Waals surface area contributed by atoms with Crippen molar-refractivity contribution in [3.8, 4) is 11.4 Å². The Morgan fingerprint density at radius 2 is 2.00 bits per heavy atom. The topological polar surface area (TPSA) is 66.1 Å². The zero-order valence-corrected chi connectivity index (χ0v) is 19.4. The normalized spacial score (nSPS) is 20.8. The Morgan fingerprint density at radius 3 is 2.65 bits per heavy atom. The number of hydrogen-bond donors (Lipinski definition) is 1. The minimum Gasteiger partial charge on any atom is -0.495 e. The molecule has 1 atom stereocenters. The van der Waals surface area contributed by atoms with E-state index in [9.17, 15) is 9.50 Å². The van der Waals surface area contributed by atoms with Crippen LogP contribution in [-0.2, 0) is 5.54 Å². The number of aliphatic imine (C=N–C) groups is 1. The fourth-order valence-corrected chi connectivity index (χ4v) is 4.67. The molecule has 1 saturated heterocycles. The lowest BCUT2D eigenvalue weighted by molar-refractivity contribution is 0.125. The molecule has 2 aliphatic rings. The third-order valence-corrected chi connectivity index (χ3v) is 6.48. The average molecular weight is 460 g/mol. The number of halogens is 1. The van der Waals surface area contributed by atoms with Gasteiger partial charge in [0.2, 0.25) is 5.96 Å². The van der Waals surface area contributed by atoms with E-state index in [1.54, 1.807) is 25.6 Å². The Kier molecular flexibility index (Phi) is 5.25. The fourth-order valence-electron chi connectivity index (χ4n) is 4.67. The van der Waals surface area contributed by atoms with E-state index in [2.05, 4.69) is 11.6 Å². The average Bonchev–Trinajstić information content (AvgIpc) is 3.51. The Balaban J connectivity index is 1.52. The molecule has 1 N–H and O–H groups in total. The molecular formula is C26H26FN5O2. The van der Waals surface area contributed by atoms with Crippen LogP contribution in [0.5, 0.6) is 5.75 Å². The smallest absolute Gasteiger partial charge is 0.206 e. The largest absolute Gasteiger partial charge is 0.495 e. The highest BCUT2D eigenvalue weighted by Crippen LogP contribution is 2.44. The van der Waals surface area contributed by atoms with Gasteiger partial charge in [-0.2, -0.15) is 0 Å². The van der Waals surface area contributed by atoms with Crippen LogP contribution >= 0.6 is 0 Å². The lowest BCUT2D eigenvalue weighted by atomic mass is 9.89. The number of rotatable bonds is 5. The van der Waals surface area contributed by atoms with E-state index in [1.165, 1.54) is 12.1 Å².